The lowest BCUT2D eigenvalue weighted by atomic mass is 10.1. The van der Waals surface area contributed by atoms with Gasteiger partial charge in [-0.1, -0.05) is 43.5 Å². The number of nitrogens with zero attached hydrogens (tertiary/aromatic N) is 2. The van der Waals surface area contributed by atoms with Crippen LogP contribution in [-0.2, 0) is 0 Å². The molecular weight excluding hydrogens is 332 g/mol. The highest BCUT2D eigenvalue weighted by atomic mass is 35.5. The van der Waals surface area contributed by atoms with E-state index in [4.69, 9.17) is 11.6 Å². The van der Waals surface area contributed by atoms with Gasteiger partial charge in [0.25, 0.3) is 0 Å². The molecule has 0 aliphatic carbocycles. The lowest BCUT2D eigenvalue weighted by molar-refractivity contribution is 0.778. The van der Waals surface area contributed by atoms with E-state index in [1.54, 1.807) is 17.7 Å². The van der Waals surface area contributed by atoms with E-state index in [0.29, 0.717) is 0 Å². The molecule has 0 saturated carbocycles. The normalized spacial score (nSPS) is 11.2. The van der Waals surface area contributed by atoms with E-state index in [1.165, 1.54) is 35.8 Å². The minimum Gasteiger partial charge on any atom is -0.229 e. The smallest absolute Gasteiger partial charge is 0.128 e. The molecule has 2 aromatic heterocycles. The summed E-state index contributed by atoms with van der Waals surface area (Å²) in [6, 6.07) is 7.97. The van der Waals surface area contributed by atoms with E-state index < -0.39 is 0 Å². The minimum atomic E-state index is 0.758. The van der Waals surface area contributed by atoms with Crippen molar-refractivity contribution in [1.29, 1.82) is 0 Å². The summed E-state index contributed by atoms with van der Waals surface area (Å²) in [6.45, 7) is 2.23. The molecule has 0 unspecified atom stereocenters. The molecule has 114 valence electrons. The van der Waals surface area contributed by atoms with Crippen molar-refractivity contribution in [3.8, 4) is 11.1 Å². The molecular formula is C17H17ClN2S2. The van der Waals surface area contributed by atoms with Gasteiger partial charge in [0.15, 0.2) is 0 Å². The Balaban J connectivity index is 1.95. The summed E-state index contributed by atoms with van der Waals surface area (Å²) in [7, 11) is 0. The first-order chi connectivity index (χ1) is 10.8. The highest BCUT2D eigenvalue weighted by Crippen LogP contribution is 2.38. The van der Waals surface area contributed by atoms with Gasteiger partial charge in [0.05, 0.1) is 5.39 Å². The van der Waals surface area contributed by atoms with Crippen molar-refractivity contribution in [3.63, 3.8) is 0 Å². The lowest BCUT2D eigenvalue weighted by Gasteiger charge is -2.05. The largest absolute Gasteiger partial charge is 0.229 e. The monoisotopic (exact) mass is 348 g/mol. The summed E-state index contributed by atoms with van der Waals surface area (Å²) in [5.74, 6) is 1.11. The zero-order chi connectivity index (χ0) is 15.4. The van der Waals surface area contributed by atoms with Crippen LogP contribution in [0.3, 0.4) is 0 Å². The van der Waals surface area contributed by atoms with E-state index in [0.717, 1.165) is 20.6 Å². The fourth-order valence-electron chi connectivity index (χ4n) is 2.32. The molecule has 3 rings (SSSR count). The summed E-state index contributed by atoms with van der Waals surface area (Å²) in [5, 5.41) is 5.19. The molecule has 0 aliphatic heterocycles. The number of rotatable bonds is 6. The predicted molar refractivity (Wildman–Crippen MR) is 98.1 cm³/mol. The van der Waals surface area contributed by atoms with Gasteiger partial charge in [-0.05, 0) is 29.9 Å². The van der Waals surface area contributed by atoms with Crippen LogP contribution in [0.5, 0.6) is 0 Å². The van der Waals surface area contributed by atoms with Gasteiger partial charge in [-0.2, -0.15) is 0 Å². The maximum atomic E-state index is 5.99. The van der Waals surface area contributed by atoms with Crippen LogP contribution in [0.4, 0.5) is 0 Å². The van der Waals surface area contributed by atoms with Crippen molar-refractivity contribution in [3.05, 3.63) is 41.0 Å². The van der Waals surface area contributed by atoms with E-state index in [2.05, 4.69) is 34.4 Å². The van der Waals surface area contributed by atoms with Crippen LogP contribution in [0.25, 0.3) is 21.3 Å². The Hall–Kier alpha value is -1.10. The molecule has 0 aliphatic rings. The first-order valence-corrected chi connectivity index (χ1v) is 9.65. The van der Waals surface area contributed by atoms with E-state index in [9.17, 15) is 0 Å². The number of fused-ring (bicyclic) bond motifs is 1. The Kier molecular flexibility index (Phi) is 5.34. The Morgan fingerprint density at radius 1 is 1.14 bits per heavy atom. The molecule has 0 N–H and O–H groups in total. The van der Waals surface area contributed by atoms with Crippen LogP contribution in [0.15, 0.2) is 41.0 Å². The van der Waals surface area contributed by atoms with E-state index in [1.807, 2.05) is 23.9 Å². The zero-order valence-electron chi connectivity index (χ0n) is 12.4. The summed E-state index contributed by atoms with van der Waals surface area (Å²) in [6.07, 6.45) is 5.42. The summed E-state index contributed by atoms with van der Waals surface area (Å²) in [4.78, 5) is 9.98. The second-order valence-corrected chi connectivity index (χ2v) is 7.45. The number of thiophene rings is 1. The fraction of sp³-hybridized carbons (Fsp3) is 0.294. The fourth-order valence-corrected chi connectivity index (χ4v) is 4.44. The van der Waals surface area contributed by atoms with Gasteiger partial charge in [0, 0.05) is 16.0 Å². The average molecular weight is 349 g/mol. The maximum absolute atomic E-state index is 5.99. The number of hydrogen-bond acceptors (Lipinski definition) is 4. The van der Waals surface area contributed by atoms with Crippen LogP contribution in [0, 0.1) is 0 Å². The third-order valence-corrected chi connectivity index (χ3v) is 5.69. The molecule has 2 heterocycles. The third kappa shape index (κ3) is 3.45. The Labute approximate surface area is 144 Å². The van der Waals surface area contributed by atoms with Gasteiger partial charge in [0.2, 0.25) is 0 Å². The van der Waals surface area contributed by atoms with Gasteiger partial charge < -0.3 is 0 Å². The Bertz CT molecular complexity index is 753. The molecule has 0 spiro atoms. The van der Waals surface area contributed by atoms with Crippen LogP contribution < -0.4 is 0 Å². The van der Waals surface area contributed by atoms with Crippen LogP contribution in [-0.4, -0.2) is 15.7 Å². The Morgan fingerprint density at radius 2 is 1.95 bits per heavy atom. The summed E-state index contributed by atoms with van der Waals surface area (Å²) in [5.41, 5.74) is 2.37. The van der Waals surface area contributed by atoms with Crippen molar-refractivity contribution >= 4 is 44.9 Å². The van der Waals surface area contributed by atoms with Crippen molar-refractivity contribution in [2.45, 2.75) is 31.2 Å². The molecule has 3 aromatic rings. The first kappa shape index (κ1) is 15.8. The molecule has 2 nitrogen and oxygen atoms in total. The van der Waals surface area contributed by atoms with Crippen molar-refractivity contribution in [1.82, 2.24) is 9.97 Å². The number of thioether (sulfide) groups is 1. The third-order valence-electron chi connectivity index (χ3n) is 3.48. The molecule has 0 radical (unpaired) electrons. The van der Waals surface area contributed by atoms with Crippen LogP contribution in [0.2, 0.25) is 5.02 Å². The molecule has 1 aromatic carbocycles. The molecule has 5 heteroatoms. The number of unbranched alkanes of at least 4 members (excludes halogenated alkanes) is 2. The lowest BCUT2D eigenvalue weighted by Crippen LogP contribution is -1.88. The van der Waals surface area contributed by atoms with Gasteiger partial charge in [0.1, 0.15) is 16.2 Å². The number of aromatic nitrogens is 2. The molecule has 0 amide bonds. The van der Waals surface area contributed by atoms with Crippen molar-refractivity contribution in [2.75, 3.05) is 5.75 Å². The highest BCUT2D eigenvalue weighted by molar-refractivity contribution is 7.99. The average Bonchev–Trinajstić information content (AvgIpc) is 2.97. The van der Waals surface area contributed by atoms with Crippen molar-refractivity contribution in [2.24, 2.45) is 0 Å². The number of halogens is 1. The summed E-state index contributed by atoms with van der Waals surface area (Å²) < 4.78 is 0. The number of benzene rings is 1. The zero-order valence-corrected chi connectivity index (χ0v) is 14.8. The molecule has 0 atom stereocenters. The maximum Gasteiger partial charge on any atom is 0.128 e. The molecule has 0 fully saturated rings. The highest BCUT2D eigenvalue weighted by Gasteiger charge is 2.13. The topological polar surface area (TPSA) is 25.8 Å². The molecule has 0 saturated heterocycles. The first-order valence-electron chi connectivity index (χ1n) is 7.40. The van der Waals surface area contributed by atoms with Crippen LogP contribution in [0.1, 0.15) is 26.2 Å². The van der Waals surface area contributed by atoms with E-state index in [-0.39, 0.29) is 0 Å². The summed E-state index contributed by atoms with van der Waals surface area (Å²) >= 11 is 9.50. The van der Waals surface area contributed by atoms with Gasteiger partial charge >= 0.3 is 0 Å². The minimum absolute atomic E-state index is 0.758. The molecule has 0 bridgehead atoms. The van der Waals surface area contributed by atoms with Crippen LogP contribution >= 0.6 is 34.7 Å². The van der Waals surface area contributed by atoms with E-state index >= 15 is 0 Å². The standard InChI is InChI=1S/C17H17ClN2S2/c1-2-3-4-9-21-16-15-14(10-22-17(15)20-11-19-16)12-5-7-13(18)8-6-12/h5-8,10-11H,2-4,9H2,1H3. The van der Waals surface area contributed by atoms with Gasteiger partial charge in [-0.25, -0.2) is 9.97 Å². The molecule has 22 heavy (non-hydrogen) atoms. The van der Waals surface area contributed by atoms with Crippen molar-refractivity contribution < 1.29 is 0 Å². The predicted octanol–water partition coefficient (Wildman–Crippen LogP) is 6.29. The second-order valence-electron chi connectivity index (χ2n) is 5.07. The van der Waals surface area contributed by atoms with Gasteiger partial charge in [-0.15, -0.1) is 23.1 Å². The van der Waals surface area contributed by atoms with Gasteiger partial charge in [-0.3, -0.25) is 0 Å². The number of hydrogen-bond donors (Lipinski definition) is 0. The quantitative estimate of drug-likeness (QED) is 0.297. The SMILES string of the molecule is CCCCCSc1ncnc2scc(-c3ccc(Cl)cc3)c12. The second kappa shape index (κ2) is 7.44. The Morgan fingerprint density at radius 3 is 2.73 bits per heavy atom.